The number of aromatic nitrogens is 4. The van der Waals surface area contributed by atoms with E-state index in [9.17, 15) is 9.59 Å². The minimum absolute atomic E-state index is 0.0708. The van der Waals surface area contributed by atoms with E-state index >= 15 is 0 Å². The van der Waals surface area contributed by atoms with Gasteiger partial charge in [0.2, 0.25) is 5.95 Å². The average molecular weight is 275 g/mol. The summed E-state index contributed by atoms with van der Waals surface area (Å²) in [5, 5.41) is 3.14. The summed E-state index contributed by atoms with van der Waals surface area (Å²) in [5.41, 5.74) is -0.173. The van der Waals surface area contributed by atoms with Crippen LogP contribution < -0.4 is 16.6 Å². The fraction of sp³-hybridized carbons (Fsp3) is 0.462. The summed E-state index contributed by atoms with van der Waals surface area (Å²) in [7, 11) is 3.01. The van der Waals surface area contributed by atoms with E-state index in [2.05, 4.69) is 21.2 Å². The summed E-state index contributed by atoms with van der Waals surface area (Å²) in [4.78, 5) is 31.0. The third-order valence-electron chi connectivity index (χ3n) is 3.29. The van der Waals surface area contributed by atoms with E-state index in [1.165, 1.54) is 11.6 Å². The van der Waals surface area contributed by atoms with Crippen molar-refractivity contribution in [3.8, 4) is 12.3 Å². The Hall–Kier alpha value is -2.49. The third-order valence-corrected chi connectivity index (χ3v) is 3.29. The van der Waals surface area contributed by atoms with E-state index in [0.29, 0.717) is 23.5 Å². The third kappa shape index (κ3) is 2.20. The van der Waals surface area contributed by atoms with Crippen LogP contribution in [0.5, 0.6) is 0 Å². The second-order valence-electron chi connectivity index (χ2n) is 4.65. The van der Waals surface area contributed by atoms with Crippen molar-refractivity contribution in [1.82, 2.24) is 19.1 Å². The predicted molar refractivity (Wildman–Crippen MR) is 77.7 cm³/mol. The highest BCUT2D eigenvalue weighted by molar-refractivity contribution is 5.72. The predicted octanol–water partition coefficient (Wildman–Crippen LogP) is 0.174. The van der Waals surface area contributed by atoms with Gasteiger partial charge in [0, 0.05) is 26.6 Å². The first-order chi connectivity index (χ1) is 9.49. The maximum atomic E-state index is 12.0. The smallest absolute Gasteiger partial charge is 0.332 e. The molecule has 0 aromatic carbocycles. The molecule has 7 nitrogen and oxygen atoms in total. The molecule has 0 aliphatic carbocycles. The van der Waals surface area contributed by atoms with Crippen molar-refractivity contribution in [1.29, 1.82) is 0 Å². The molecule has 0 aliphatic rings. The van der Waals surface area contributed by atoms with Gasteiger partial charge in [0.05, 0.1) is 0 Å². The van der Waals surface area contributed by atoms with Gasteiger partial charge in [-0.05, 0) is 6.42 Å². The molecule has 2 N–H and O–H groups in total. The second kappa shape index (κ2) is 5.25. The van der Waals surface area contributed by atoms with E-state index in [4.69, 9.17) is 6.42 Å². The van der Waals surface area contributed by atoms with Crippen LogP contribution in [0.1, 0.15) is 19.8 Å². The quantitative estimate of drug-likeness (QED) is 0.779. The number of imidazole rings is 1. The number of hydrogen-bond acceptors (Lipinski definition) is 4. The molecule has 0 radical (unpaired) electrons. The molecule has 0 spiro atoms. The Labute approximate surface area is 115 Å². The molecule has 1 atom stereocenters. The highest BCUT2D eigenvalue weighted by Gasteiger charge is 2.14. The minimum Gasteiger partial charge on any atom is -0.352 e. The SMILES string of the molecule is C#CCC(CC)Nc1nc2c([nH]1)c(=O)n(C)c(=O)n2C. The van der Waals surface area contributed by atoms with Crippen LogP contribution >= 0.6 is 0 Å². The van der Waals surface area contributed by atoms with Gasteiger partial charge in [0.1, 0.15) is 0 Å². The monoisotopic (exact) mass is 275 g/mol. The number of aromatic amines is 1. The molecule has 0 saturated carbocycles. The molecule has 106 valence electrons. The van der Waals surface area contributed by atoms with Crippen LogP contribution in [-0.4, -0.2) is 25.1 Å². The Balaban J connectivity index is 2.52. The maximum absolute atomic E-state index is 12.0. The van der Waals surface area contributed by atoms with Crippen LogP contribution in [-0.2, 0) is 14.1 Å². The van der Waals surface area contributed by atoms with Crippen molar-refractivity contribution in [2.24, 2.45) is 14.1 Å². The summed E-state index contributed by atoms with van der Waals surface area (Å²) in [6, 6.07) is 0.0708. The van der Waals surface area contributed by atoms with Gasteiger partial charge in [-0.3, -0.25) is 13.9 Å². The molecule has 1 unspecified atom stereocenters. The topological polar surface area (TPSA) is 84.7 Å². The number of rotatable bonds is 4. The van der Waals surface area contributed by atoms with Gasteiger partial charge in [-0.2, -0.15) is 4.98 Å². The van der Waals surface area contributed by atoms with E-state index < -0.39 is 11.2 Å². The van der Waals surface area contributed by atoms with Crippen molar-refractivity contribution in [3.63, 3.8) is 0 Å². The standard InChI is InChI=1S/C13H17N5O2/c1-5-7-8(6-2)14-12-15-9-10(16-12)17(3)13(20)18(4)11(9)19/h1,8H,6-7H2,2-4H3,(H2,14,15,16). The lowest BCUT2D eigenvalue weighted by Crippen LogP contribution is -2.36. The molecule has 7 heteroatoms. The lowest BCUT2D eigenvalue weighted by Gasteiger charge is -2.12. The van der Waals surface area contributed by atoms with Gasteiger partial charge >= 0.3 is 5.69 Å². The van der Waals surface area contributed by atoms with Gasteiger partial charge in [-0.15, -0.1) is 12.3 Å². The van der Waals surface area contributed by atoms with Crippen molar-refractivity contribution in [3.05, 3.63) is 20.8 Å². The summed E-state index contributed by atoms with van der Waals surface area (Å²) in [6.45, 7) is 2.01. The second-order valence-corrected chi connectivity index (χ2v) is 4.65. The van der Waals surface area contributed by atoms with Crippen LogP contribution in [0.25, 0.3) is 11.2 Å². The molecule has 0 amide bonds. The first-order valence-electron chi connectivity index (χ1n) is 6.35. The highest BCUT2D eigenvalue weighted by atomic mass is 16.2. The minimum atomic E-state index is -0.406. The molecular formula is C13H17N5O2. The number of nitrogens with zero attached hydrogens (tertiary/aromatic N) is 3. The fourth-order valence-corrected chi connectivity index (χ4v) is 2.03. The Kier molecular flexibility index (Phi) is 3.66. The first kappa shape index (κ1) is 13.9. The van der Waals surface area contributed by atoms with Crippen LogP contribution in [0.4, 0.5) is 5.95 Å². The van der Waals surface area contributed by atoms with Gasteiger partial charge in [0.15, 0.2) is 11.2 Å². The number of H-pyrrole nitrogens is 1. The highest BCUT2D eigenvalue weighted by Crippen LogP contribution is 2.11. The molecule has 2 aromatic rings. The molecule has 0 saturated heterocycles. The van der Waals surface area contributed by atoms with E-state index in [1.807, 2.05) is 6.92 Å². The van der Waals surface area contributed by atoms with E-state index in [1.54, 1.807) is 7.05 Å². The number of fused-ring (bicyclic) bond motifs is 1. The normalized spacial score (nSPS) is 12.3. The zero-order valence-corrected chi connectivity index (χ0v) is 11.7. The molecule has 0 fully saturated rings. The van der Waals surface area contributed by atoms with Gasteiger partial charge < -0.3 is 10.3 Å². The summed E-state index contributed by atoms with van der Waals surface area (Å²) in [6.07, 6.45) is 6.69. The van der Waals surface area contributed by atoms with Crippen LogP contribution in [0.15, 0.2) is 9.59 Å². The maximum Gasteiger partial charge on any atom is 0.332 e. The molecule has 0 bridgehead atoms. The zero-order chi connectivity index (χ0) is 14.9. The van der Waals surface area contributed by atoms with Crippen LogP contribution in [0.3, 0.4) is 0 Å². The summed E-state index contributed by atoms with van der Waals surface area (Å²) in [5.74, 6) is 3.03. The summed E-state index contributed by atoms with van der Waals surface area (Å²) >= 11 is 0. The largest absolute Gasteiger partial charge is 0.352 e. The van der Waals surface area contributed by atoms with Crippen molar-refractivity contribution in [2.75, 3.05) is 5.32 Å². The molecule has 2 aromatic heterocycles. The molecule has 2 rings (SSSR count). The van der Waals surface area contributed by atoms with Gasteiger partial charge in [-0.25, -0.2) is 4.79 Å². The average Bonchev–Trinajstić information content (AvgIpc) is 2.86. The molecule has 20 heavy (non-hydrogen) atoms. The van der Waals surface area contributed by atoms with Crippen molar-refractivity contribution >= 4 is 17.1 Å². The number of nitrogens with one attached hydrogen (secondary N) is 2. The Morgan fingerprint density at radius 1 is 1.40 bits per heavy atom. The Morgan fingerprint density at radius 3 is 2.70 bits per heavy atom. The van der Waals surface area contributed by atoms with Crippen LogP contribution in [0, 0.1) is 12.3 Å². The Morgan fingerprint density at radius 2 is 2.10 bits per heavy atom. The lowest BCUT2D eigenvalue weighted by molar-refractivity contribution is 0.706. The molecule has 0 aliphatic heterocycles. The van der Waals surface area contributed by atoms with E-state index in [0.717, 1.165) is 11.0 Å². The number of hydrogen-bond donors (Lipinski definition) is 2. The fourth-order valence-electron chi connectivity index (χ4n) is 2.03. The van der Waals surface area contributed by atoms with Crippen molar-refractivity contribution < 1.29 is 0 Å². The van der Waals surface area contributed by atoms with Crippen molar-refractivity contribution in [2.45, 2.75) is 25.8 Å². The Bertz CT molecular complexity index is 790. The zero-order valence-electron chi connectivity index (χ0n) is 11.7. The van der Waals surface area contributed by atoms with Gasteiger partial charge in [0.25, 0.3) is 5.56 Å². The first-order valence-corrected chi connectivity index (χ1v) is 6.35. The lowest BCUT2D eigenvalue weighted by atomic mass is 10.2. The summed E-state index contributed by atoms with van der Waals surface area (Å²) < 4.78 is 2.38. The molecular weight excluding hydrogens is 258 g/mol. The van der Waals surface area contributed by atoms with Crippen LogP contribution in [0.2, 0.25) is 0 Å². The molecule has 2 heterocycles. The van der Waals surface area contributed by atoms with E-state index in [-0.39, 0.29) is 6.04 Å². The van der Waals surface area contributed by atoms with Gasteiger partial charge in [-0.1, -0.05) is 6.92 Å². The number of aryl methyl sites for hydroxylation is 1. The number of terminal acetylenes is 1. The number of anilines is 1.